The maximum atomic E-state index is 12.5. The van der Waals surface area contributed by atoms with E-state index in [0.717, 1.165) is 30.3 Å². The second-order valence-corrected chi connectivity index (χ2v) is 6.90. The van der Waals surface area contributed by atoms with Gasteiger partial charge in [-0.05, 0) is 49.6 Å². The highest BCUT2D eigenvalue weighted by Gasteiger charge is 2.45. The standard InChI is InChI=1S/C18H19ClN4O/c1-2-23-10-13(9-21-23)18(5-6-18)11-20-17(24)16-8-12-7-14(19)3-4-15(12)22-16/h3-4,7-10,22H,2,5-6,11H2,1H3,(H,20,24). The number of fused-ring (bicyclic) bond motifs is 1. The summed E-state index contributed by atoms with van der Waals surface area (Å²) in [5, 5.41) is 9.02. The maximum absolute atomic E-state index is 12.5. The predicted molar refractivity (Wildman–Crippen MR) is 94.5 cm³/mol. The van der Waals surface area contributed by atoms with Crippen LogP contribution >= 0.6 is 11.6 Å². The molecule has 2 N–H and O–H groups in total. The third-order valence-electron chi connectivity index (χ3n) is 4.84. The van der Waals surface area contributed by atoms with Crippen LogP contribution in [0.25, 0.3) is 10.9 Å². The number of benzene rings is 1. The van der Waals surface area contributed by atoms with Crippen molar-refractivity contribution in [1.82, 2.24) is 20.1 Å². The van der Waals surface area contributed by atoms with E-state index in [4.69, 9.17) is 11.6 Å². The summed E-state index contributed by atoms with van der Waals surface area (Å²) in [6.07, 6.45) is 6.19. The number of nitrogens with zero attached hydrogens (tertiary/aromatic N) is 2. The Morgan fingerprint density at radius 3 is 2.96 bits per heavy atom. The minimum absolute atomic E-state index is 0.0540. The highest BCUT2D eigenvalue weighted by atomic mass is 35.5. The van der Waals surface area contributed by atoms with E-state index >= 15 is 0 Å². The van der Waals surface area contributed by atoms with Gasteiger partial charge in [-0.2, -0.15) is 5.10 Å². The number of rotatable bonds is 5. The normalized spacial score (nSPS) is 15.6. The zero-order valence-electron chi connectivity index (χ0n) is 13.5. The van der Waals surface area contributed by atoms with Gasteiger partial charge in [0.05, 0.1) is 6.20 Å². The van der Waals surface area contributed by atoms with Crippen LogP contribution < -0.4 is 5.32 Å². The van der Waals surface area contributed by atoms with Gasteiger partial charge in [0.2, 0.25) is 0 Å². The van der Waals surface area contributed by atoms with Crippen molar-refractivity contribution in [3.63, 3.8) is 0 Å². The van der Waals surface area contributed by atoms with Gasteiger partial charge in [0.25, 0.3) is 5.91 Å². The first-order chi connectivity index (χ1) is 11.6. The summed E-state index contributed by atoms with van der Waals surface area (Å²) in [7, 11) is 0. The van der Waals surface area contributed by atoms with Crippen LogP contribution in [0.4, 0.5) is 0 Å². The summed E-state index contributed by atoms with van der Waals surface area (Å²) < 4.78 is 1.93. The number of amides is 1. The molecule has 1 aliphatic carbocycles. The zero-order valence-corrected chi connectivity index (χ0v) is 14.2. The first-order valence-electron chi connectivity index (χ1n) is 8.19. The fourth-order valence-corrected chi connectivity index (χ4v) is 3.28. The van der Waals surface area contributed by atoms with Crippen LogP contribution in [0.3, 0.4) is 0 Å². The molecule has 0 spiro atoms. The van der Waals surface area contributed by atoms with E-state index in [1.54, 1.807) is 0 Å². The number of aromatic amines is 1. The number of carbonyl (C=O) groups is 1. The van der Waals surface area contributed by atoms with Crippen LogP contribution in [-0.2, 0) is 12.0 Å². The molecule has 1 amide bonds. The second-order valence-electron chi connectivity index (χ2n) is 6.46. The smallest absolute Gasteiger partial charge is 0.267 e. The highest BCUT2D eigenvalue weighted by Crippen LogP contribution is 2.47. The van der Waals surface area contributed by atoms with Gasteiger partial charge in [-0.3, -0.25) is 9.48 Å². The molecule has 1 saturated carbocycles. The van der Waals surface area contributed by atoms with Crippen molar-refractivity contribution in [3.05, 3.63) is 52.9 Å². The Balaban J connectivity index is 1.47. The molecule has 0 bridgehead atoms. The summed E-state index contributed by atoms with van der Waals surface area (Å²) >= 11 is 6.00. The van der Waals surface area contributed by atoms with E-state index in [1.807, 2.05) is 35.1 Å². The third kappa shape index (κ3) is 2.69. The van der Waals surface area contributed by atoms with E-state index in [-0.39, 0.29) is 11.3 Å². The van der Waals surface area contributed by atoms with Crippen LogP contribution in [0, 0.1) is 0 Å². The first-order valence-corrected chi connectivity index (χ1v) is 8.57. The van der Waals surface area contributed by atoms with Crippen molar-refractivity contribution in [2.24, 2.45) is 0 Å². The zero-order chi connectivity index (χ0) is 16.7. The third-order valence-corrected chi connectivity index (χ3v) is 5.07. The van der Waals surface area contributed by atoms with Gasteiger partial charge in [0, 0.05) is 40.6 Å². The minimum Gasteiger partial charge on any atom is -0.351 e. The van der Waals surface area contributed by atoms with Gasteiger partial charge >= 0.3 is 0 Å². The lowest BCUT2D eigenvalue weighted by molar-refractivity contribution is 0.0945. The Bertz CT molecular complexity index is 907. The molecule has 3 aromatic rings. The molecular formula is C18H19ClN4O. The fourth-order valence-electron chi connectivity index (χ4n) is 3.10. The molecular weight excluding hydrogens is 324 g/mol. The van der Waals surface area contributed by atoms with Crippen LogP contribution in [0.1, 0.15) is 35.8 Å². The van der Waals surface area contributed by atoms with E-state index in [0.29, 0.717) is 17.3 Å². The Kier molecular flexibility index (Phi) is 3.61. The lowest BCUT2D eigenvalue weighted by Gasteiger charge is -2.13. The molecule has 24 heavy (non-hydrogen) atoms. The SMILES string of the molecule is CCn1cc(C2(CNC(=O)c3cc4cc(Cl)ccc4[nH]3)CC2)cn1. The first kappa shape index (κ1) is 15.3. The average molecular weight is 343 g/mol. The van der Waals surface area contributed by atoms with Crippen molar-refractivity contribution in [3.8, 4) is 0 Å². The van der Waals surface area contributed by atoms with E-state index in [9.17, 15) is 4.79 Å². The molecule has 0 aliphatic heterocycles. The van der Waals surface area contributed by atoms with E-state index in [2.05, 4.69) is 28.5 Å². The molecule has 124 valence electrons. The topological polar surface area (TPSA) is 62.7 Å². The predicted octanol–water partition coefficient (Wildman–Crippen LogP) is 3.50. The van der Waals surface area contributed by atoms with Crippen LogP contribution in [-0.4, -0.2) is 27.2 Å². The summed E-state index contributed by atoms with van der Waals surface area (Å²) in [6.45, 7) is 3.57. The van der Waals surface area contributed by atoms with Gasteiger partial charge in [-0.15, -0.1) is 0 Å². The van der Waals surface area contributed by atoms with Crippen molar-refractivity contribution >= 4 is 28.4 Å². The molecule has 0 radical (unpaired) electrons. The van der Waals surface area contributed by atoms with Crippen LogP contribution in [0.15, 0.2) is 36.7 Å². The number of nitrogens with one attached hydrogen (secondary N) is 2. The van der Waals surface area contributed by atoms with E-state index in [1.165, 1.54) is 5.56 Å². The van der Waals surface area contributed by atoms with Crippen molar-refractivity contribution < 1.29 is 4.79 Å². The number of hydrogen-bond acceptors (Lipinski definition) is 2. The molecule has 6 heteroatoms. The van der Waals surface area contributed by atoms with Crippen molar-refractivity contribution in [1.29, 1.82) is 0 Å². The van der Waals surface area contributed by atoms with Gasteiger partial charge < -0.3 is 10.3 Å². The fraction of sp³-hybridized carbons (Fsp3) is 0.333. The quantitative estimate of drug-likeness (QED) is 0.745. The lowest BCUT2D eigenvalue weighted by atomic mass is 10.00. The lowest BCUT2D eigenvalue weighted by Crippen LogP contribution is -2.32. The number of halogens is 1. The van der Waals surface area contributed by atoms with Crippen molar-refractivity contribution in [2.45, 2.75) is 31.7 Å². The van der Waals surface area contributed by atoms with Crippen LogP contribution in [0.5, 0.6) is 0 Å². The summed E-state index contributed by atoms with van der Waals surface area (Å²) in [4.78, 5) is 15.6. The van der Waals surface area contributed by atoms with Gasteiger partial charge in [0.15, 0.2) is 0 Å². The number of aryl methyl sites for hydroxylation is 1. The van der Waals surface area contributed by atoms with Gasteiger partial charge in [-0.25, -0.2) is 0 Å². The monoisotopic (exact) mass is 342 g/mol. The largest absolute Gasteiger partial charge is 0.351 e. The Labute approximate surface area is 145 Å². The molecule has 0 unspecified atom stereocenters. The summed E-state index contributed by atoms with van der Waals surface area (Å²) in [5.74, 6) is -0.0866. The molecule has 1 aromatic carbocycles. The molecule has 1 fully saturated rings. The molecule has 4 rings (SSSR count). The van der Waals surface area contributed by atoms with E-state index < -0.39 is 0 Å². The Morgan fingerprint density at radius 1 is 1.42 bits per heavy atom. The van der Waals surface area contributed by atoms with Crippen LogP contribution in [0.2, 0.25) is 5.02 Å². The summed E-state index contributed by atoms with van der Waals surface area (Å²) in [5.41, 5.74) is 2.74. The molecule has 2 aromatic heterocycles. The average Bonchev–Trinajstić information content (AvgIpc) is 3.03. The van der Waals surface area contributed by atoms with Gasteiger partial charge in [-0.1, -0.05) is 11.6 Å². The maximum Gasteiger partial charge on any atom is 0.267 e. The van der Waals surface area contributed by atoms with Gasteiger partial charge in [0.1, 0.15) is 5.69 Å². The molecule has 2 heterocycles. The molecule has 5 nitrogen and oxygen atoms in total. The second kappa shape index (κ2) is 5.67. The highest BCUT2D eigenvalue weighted by molar-refractivity contribution is 6.31. The molecule has 1 aliphatic rings. The number of H-pyrrole nitrogens is 1. The number of aromatic nitrogens is 3. The Morgan fingerprint density at radius 2 is 2.25 bits per heavy atom. The van der Waals surface area contributed by atoms with Crippen molar-refractivity contribution in [2.75, 3.05) is 6.54 Å². The number of carbonyl (C=O) groups excluding carboxylic acids is 1. The molecule has 0 atom stereocenters. The summed E-state index contributed by atoms with van der Waals surface area (Å²) in [6, 6.07) is 7.39. The Hall–Kier alpha value is -2.27. The number of hydrogen-bond donors (Lipinski definition) is 2. The minimum atomic E-state index is -0.0866. The molecule has 0 saturated heterocycles.